The first-order valence-corrected chi connectivity index (χ1v) is 5.31. The normalized spacial score (nSPS) is 10.5. The number of hydrogen-bond donors (Lipinski definition) is 0. The predicted molar refractivity (Wildman–Crippen MR) is 62.5 cm³/mol. The third-order valence-electron chi connectivity index (χ3n) is 2.76. The Bertz CT molecular complexity index is 483. The molecule has 2 aromatic rings. The summed E-state index contributed by atoms with van der Waals surface area (Å²) in [5.41, 5.74) is 4.63. The molecular weight excluding hydrogens is 201 g/mol. The molecule has 1 nitrogen and oxygen atoms in total. The van der Waals surface area contributed by atoms with Gasteiger partial charge in [-0.2, -0.15) is 4.57 Å². The molecular formula is C14H15FN+. The molecule has 2 heteroatoms. The Hall–Kier alpha value is -1.70. The standard InChI is InChI=1S/C14H15FN/c1-10-4-6-13(11(2)8-10)14-7-5-12(15)9-16(14)3/h4-9H,1-3H3/q+1. The zero-order valence-corrected chi connectivity index (χ0v) is 9.79. The maximum atomic E-state index is 13.0. The molecule has 2 rings (SSSR count). The smallest absolute Gasteiger partial charge is 0.200 e. The van der Waals surface area contributed by atoms with Gasteiger partial charge in [0.2, 0.25) is 11.9 Å². The van der Waals surface area contributed by atoms with E-state index in [9.17, 15) is 4.39 Å². The molecule has 0 unspecified atom stereocenters. The third kappa shape index (κ3) is 1.96. The van der Waals surface area contributed by atoms with Gasteiger partial charge >= 0.3 is 0 Å². The third-order valence-corrected chi connectivity index (χ3v) is 2.76. The van der Waals surface area contributed by atoms with E-state index in [4.69, 9.17) is 0 Å². The number of benzene rings is 1. The second kappa shape index (κ2) is 4.05. The van der Waals surface area contributed by atoms with Crippen molar-refractivity contribution in [1.29, 1.82) is 0 Å². The highest BCUT2D eigenvalue weighted by Gasteiger charge is 2.12. The zero-order chi connectivity index (χ0) is 11.7. The summed E-state index contributed by atoms with van der Waals surface area (Å²) < 4.78 is 14.8. The van der Waals surface area contributed by atoms with Gasteiger partial charge in [0, 0.05) is 11.6 Å². The average molecular weight is 216 g/mol. The van der Waals surface area contributed by atoms with Crippen LogP contribution in [0.25, 0.3) is 11.3 Å². The molecule has 0 N–H and O–H groups in total. The van der Waals surface area contributed by atoms with Gasteiger partial charge in [0.05, 0.1) is 0 Å². The summed E-state index contributed by atoms with van der Waals surface area (Å²) in [4.78, 5) is 0. The predicted octanol–water partition coefficient (Wildman–Crippen LogP) is 2.93. The van der Waals surface area contributed by atoms with Crippen LogP contribution in [0.3, 0.4) is 0 Å². The lowest BCUT2D eigenvalue weighted by atomic mass is 10.0. The molecule has 1 heterocycles. The average Bonchev–Trinajstić information content (AvgIpc) is 2.19. The maximum absolute atomic E-state index is 13.0. The summed E-state index contributed by atoms with van der Waals surface area (Å²) >= 11 is 0. The molecule has 0 amide bonds. The van der Waals surface area contributed by atoms with Crippen LogP contribution in [-0.4, -0.2) is 0 Å². The Labute approximate surface area is 95.2 Å². The van der Waals surface area contributed by atoms with Gasteiger partial charge in [-0.25, -0.2) is 4.39 Å². The van der Waals surface area contributed by atoms with Crippen molar-refractivity contribution >= 4 is 0 Å². The number of hydrogen-bond acceptors (Lipinski definition) is 0. The van der Waals surface area contributed by atoms with Gasteiger partial charge in [0.25, 0.3) is 0 Å². The minimum Gasteiger partial charge on any atom is -0.200 e. The number of nitrogens with zero attached hydrogens (tertiary/aromatic N) is 1. The topological polar surface area (TPSA) is 3.88 Å². The van der Waals surface area contributed by atoms with Gasteiger partial charge in [-0.15, -0.1) is 0 Å². The Morgan fingerprint density at radius 2 is 1.81 bits per heavy atom. The summed E-state index contributed by atoms with van der Waals surface area (Å²) in [6, 6.07) is 9.60. The monoisotopic (exact) mass is 216 g/mol. The second-order valence-corrected chi connectivity index (χ2v) is 4.16. The lowest BCUT2D eigenvalue weighted by Gasteiger charge is -2.05. The molecule has 82 valence electrons. The summed E-state index contributed by atoms with van der Waals surface area (Å²) in [6.07, 6.45) is 1.49. The van der Waals surface area contributed by atoms with Gasteiger partial charge in [-0.05, 0) is 31.5 Å². The lowest BCUT2D eigenvalue weighted by Crippen LogP contribution is -2.31. The van der Waals surface area contributed by atoms with Gasteiger partial charge in [-0.1, -0.05) is 17.7 Å². The van der Waals surface area contributed by atoms with Gasteiger partial charge < -0.3 is 0 Å². The first kappa shape index (κ1) is 10.8. The second-order valence-electron chi connectivity index (χ2n) is 4.16. The van der Waals surface area contributed by atoms with Crippen LogP contribution in [-0.2, 0) is 7.05 Å². The Kier molecular flexibility index (Phi) is 2.73. The van der Waals surface area contributed by atoms with Crippen molar-refractivity contribution in [2.75, 3.05) is 0 Å². The van der Waals surface area contributed by atoms with Crippen molar-refractivity contribution in [1.82, 2.24) is 0 Å². The number of aryl methyl sites for hydroxylation is 3. The van der Waals surface area contributed by atoms with E-state index in [1.165, 1.54) is 23.4 Å². The van der Waals surface area contributed by atoms with Crippen molar-refractivity contribution in [3.8, 4) is 11.3 Å². The molecule has 0 spiro atoms. The van der Waals surface area contributed by atoms with Crippen LogP contribution < -0.4 is 4.57 Å². The molecule has 0 radical (unpaired) electrons. The van der Waals surface area contributed by atoms with E-state index in [1.807, 2.05) is 17.7 Å². The fourth-order valence-electron chi connectivity index (χ4n) is 1.95. The van der Waals surface area contributed by atoms with Crippen LogP contribution in [0.1, 0.15) is 11.1 Å². The minimum atomic E-state index is -0.212. The SMILES string of the molecule is Cc1ccc(-c2ccc(F)c[n+]2C)c(C)c1. The van der Waals surface area contributed by atoms with E-state index in [-0.39, 0.29) is 5.82 Å². The van der Waals surface area contributed by atoms with Crippen LogP contribution in [0.4, 0.5) is 4.39 Å². The number of pyridine rings is 1. The van der Waals surface area contributed by atoms with Crippen LogP contribution in [0, 0.1) is 19.7 Å². The van der Waals surface area contributed by atoms with Gasteiger partial charge in [0.15, 0.2) is 5.82 Å². The molecule has 0 atom stereocenters. The molecule has 1 aromatic carbocycles. The quantitative estimate of drug-likeness (QED) is 0.645. The lowest BCUT2D eigenvalue weighted by molar-refractivity contribution is -0.661. The highest BCUT2D eigenvalue weighted by atomic mass is 19.1. The van der Waals surface area contributed by atoms with E-state index >= 15 is 0 Å². The first-order valence-electron chi connectivity index (χ1n) is 5.31. The van der Waals surface area contributed by atoms with Crippen LogP contribution in [0.15, 0.2) is 36.5 Å². The molecule has 16 heavy (non-hydrogen) atoms. The van der Waals surface area contributed by atoms with E-state index < -0.39 is 0 Å². The van der Waals surface area contributed by atoms with E-state index in [0.717, 1.165) is 11.3 Å². The van der Waals surface area contributed by atoms with Crippen molar-refractivity contribution in [3.63, 3.8) is 0 Å². The highest BCUT2D eigenvalue weighted by molar-refractivity contribution is 5.61. The van der Waals surface area contributed by atoms with Crippen molar-refractivity contribution < 1.29 is 8.96 Å². The number of aromatic nitrogens is 1. The first-order chi connectivity index (χ1) is 7.58. The summed E-state index contributed by atoms with van der Waals surface area (Å²) in [5.74, 6) is -0.212. The zero-order valence-electron chi connectivity index (χ0n) is 9.79. The molecule has 0 bridgehead atoms. The molecule has 0 fully saturated rings. The molecule has 0 aliphatic rings. The van der Waals surface area contributed by atoms with Gasteiger partial charge in [0.1, 0.15) is 7.05 Å². The molecule has 0 aliphatic heterocycles. The van der Waals surface area contributed by atoms with Crippen molar-refractivity contribution in [3.05, 3.63) is 53.5 Å². The van der Waals surface area contributed by atoms with Crippen molar-refractivity contribution in [2.24, 2.45) is 7.05 Å². The Balaban J connectivity index is 2.59. The minimum absolute atomic E-state index is 0.212. The molecule has 0 aliphatic carbocycles. The van der Waals surface area contributed by atoms with E-state index in [2.05, 4.69) is 32.0 Å². The number of halogens is 1. The molecule has 0 saturated carbocycles. The maximum Gasteiger partial charge on any atom is 0.212 e. The largest absolute Gasteiger partial charge is 0.212 e. The fourth-order valence-corrected chi connectivity index (χ4v) is 1.95. The Morgan fingerprint density at radius 3 is 2.44 bits per heavy atom. The van der Waals surface area contributed by atoms with E-state index in [0.29, 0.717) is 0 Å². The van der Waals surface area contributed by atoms with Crippen LogP contribution in [0.5, 0.6) is 0 Å². The fraction of sp³-hybridized carbons (Fsp3) is 0.214. The summed E-state index contributed by atoms with van der Waals surface area (Å²) in [6.45, 7) is 4.15. The van der Waals surface area contributed by atoms with E-state index in [1.54, 1.807) is 0 Å². The summed E-state index contributed by atoms with van der Waals surface area (Å²) in [5, 5.41) is 0. The number of rotatable bonds is 1. The highest BCUT2D eigenvalue weighted by Crippen LogP contribution is 2.21. The van der Waals surface area contributed by atoms with Gasteiger partial charge in [-0.3, -0.25) is 0 Å². The Morgan fingerprint density at radius 1 is 1.06 bits per heavy atom. The summed E-state index contributed by atoms with van der Waals surface area (Å²) in [7, 11) is 1.86. The molecule has 0 saturated heterocycles. The van der Waals surface area contributed by atoms with Crippen molar-refractivity contribution in [2.45, 2.75) is 13.8 Å². The van der Waals surface area contributed by atoms with Crippen LogP contribution in [0.2, 0.25) is 0 Å². The van der Waals surface area contributed by atoms with Crippen LogP contribution >= 0.6 is 0 Å². The molecule has 1 aromatic heterocycles.